The normalized spacial score (nSPS) is 17.9. The lowest BCUT2D eigenvalue weighted by atomic mass is 9.68. The highest BCUT2D eigenvalue weighted by Gasteiger charge is 2.43. The number of hydrogen-bond acceptors (Lipinski definition) is 3. The summed E-state index contributed by atoms with van der Waals surface area (Å²) < 4.78 is 5.79. The Hall–Kier alpha value is -1.51. The molecule has 1 aliphatic heterocycles. The van der Waals surface area contributed by atoms with Crippen molar-refractivity contribution >= 4 is 41.5 Å². The summed E-state index contributed by atoms with van der Waals surface area (Å²) in [5.74, 6) is 1.66. The van der Waals surface area contributed by atoms with Crippen molar-refractivity contribution in [2.24, 2.45) is 10.4 Å². The van der Waals surface area contributed by atoms with Gasteiger partial charge in [-0.25, -0.2) is 4.99 Å². The highest BCUT2D eigenvalue weighted by molar-refractivity contribution is 14.0. The summed E-state index contributed by atoms with van der Waals surface area (Å²) >= 11 is 0. The fourth-order valence-corrected chi connectivity index (χ4v) is 3.81. The van der Waals surface area contributed by atoms with Crippen molar-refractivity contribution in [2.75, 3.05) is 38.1 Å². The number of carbonyl (C=O) groups excluding carboxylic acids is 1. The number of rotatable bonds is 6. The zero-order chi connectivity index (χ0) is 18.4. The molecule has 0 unspecified atom stereocenters. The third-order valence-electron chi connectivity index (χ3n) is 5.26. The first-order valence-electron chi connectivity index (χ1n) is 9.64. The Morgan fingerprint density at radius 1 is 1.33 bits per heavy atom. The van der Waals surface area contributed by atoms with E-state index in [4.69, 9.17) is 9.73 Å². The Balaban J connectivity index is 0.00000261. The zero-order valence-electron chi connectivity index (χ0n) is 16.3. The number of aliphatic imine (C=N–C) groups is 1. The van der Waals surface area contributed by atoms with Gasteiger partial charge in [-0.05, 0) is 43.7 Å². The van der Waals surface area contributed by atoms with Crippen molar-refractivity contribution in [3.63, 3.8) is 0 Å². The standard InChI is InChI=1S/C20H30N4O2.HI/c1-3-21-19(24-12-10-20(15-24)8-5-9-20)22-11-13-26-18-7-4-6-17(14-18)23-16(2)25;/h4,6-7,14H,3,5,8-13,15H2,1-2H3,(H,21,22)(H,23,25);1H. The third kappa shape index (κ3) is 5.99. The molecular formula is C20H31IN4O2. The minimum Gasteiger partial charge on any atom is -0.492 e. The fraction of sp³-hybridized carbons (Fsp3) is 0.600. The molecule has 1 amide bonds. The van der Waals surface area contributed by atoms with E-state index in [1.54, 1.807) is 0 Å². The molecule has 2 N–H and O–H groups in total. The lowest BCUT2D eigenvalue weighted by molar-refractivity contribution is -0.114. The molecule has 1 heterocycles. The molecule has 0 atom stereocenters. The second-order valence-electron chi connectivity index (χ2n) is 7.32. The molecule has 2 fully saturated rings. The maximum Gasteiger partial charge on any atom is 0.221 e. The van der Waals surface area contributed by atoms with Gasteiger partial charge in [0.1, 0.15) is 12.4 Å². The van der Waals surface area contributed by atoms with E-state index in [1.807, 2.05) is 24.3 Å². The average Bonchev–Trinajstić information content (AvgIpc) is 3.03. The van der Waals surface area contributed by atoms with Crippen LogP contribution in [0, 0.1) is 5.41 Å². The summed E-state index contributed by atoms with van der Waals surface area (Å²) in [6.07, 6.45) is 5.42. The van der Waals surface area contributed by atoms with Crippen LogP contribution < -0.4 is 15.4 Å². The summed E-state index contributed by atoms with van der Waals surface area (Å²) in [6, 6.07) is 7.44. The van der Waals surface area contributed by atoms with Crippen molar-refractivity contribution in [3.05, 3.63) is 24.3 Å². The van der Waals surface area contributed by atoms with Crippen LogP contribution in [0.3, 0.4) is 0 Å². The number of ether oxygens (including phenoxy) is 1. The summed E-state index contributed by atoms with van der Waals surface area (Å²) in [5.41, 5.74) is 1.31. The SMILES string of the molecule is CCNC(=NCCOc1cccc(NC(C)=O)c1)N1CCC2(CCC2)C1.I. The topological polar surface area (TPSA) is 66.0 Å². The predicted molar refractivity (Wildman–Crippen MR) is 120 cm³/mol. The number of hydrogen-bond donors (Lipinski definition) is 2. The molecule has 1 aromatic carbocycles. The Kier molecular flexibility index (Phi) is 8.19. The van der Waals surface area contributed by atoms with Gasteiger partial charge in [-0.3, -0.25) is 4.79 Å². The molecule has 6 nitrogen and oxygen atoms in total. The van der Waals surface area contributed by atoms with Crippen LogP contribution in [0.5, 0.6) is 5.75 Å². The van der Waals surface area contributed by atoms with Gasteiger partial charge in [-0.2, -0.15) is 0 Å². The van der Waals surface area contributed by atoms with E-state index in [0.717, 1.165) is 37.0 Å². The molecule has 3 rings (SSSR count). The number of guanidine groups is 1. The molecule has 1 aromatic rings. The van der Waals surface area contributed by atoms with Crippen molar-refractivity contribution < 1.29 is 9.53 Å². The first-order chi connectivity index (χ1) is 12.6. The lowest BCUT2D eigenvalue weighted by Gasteiger charge is -2.38. The quantitative estimate of drug-likeness (QED) is 0.280. The molecule has 0 aromatic heterocycles. The highest BCUT2D eigenvalue weighted by atomic mass is 127. The van der Waals surface area contributed by atoms with E-state index in [-0.39, 0.29) is 29.9 Å². The molecule has 0 radical (unpaired) electrons. The fourth-order valence-electron chi connectivity index (χ4n) is 3.81. The molecule has 1 aliphatic carbocycles. The Labute approximate surface area is 179 Å². The second kappa shape index (κ2) is 10.1. The van der Waals surface area contributed by atoms with Crippen LogP contribution in [-0.2, 0) is 4.79 Å². The lowest BCUT2D eigenvalue weighted by Crippen LogP contribution is -2.42. The van der Waals surface area contributed by atoms with Gasteiger partial charge in [0.2, 0.25) is 5.91 Å². The summed E-state index contributed by atoms with van der Waals surface area (Å²) in [6.45, 7) is 7.84. The van der Waals surface area contributed by atoms with Crippen LogP contribution in [0.15, 0.2) is 29.3 Å². The molecule has 27 heavy (non-hydrogen) atoms. The van der Waals surface area contributed by atoms with Gasteiger partial charge in [0, 0.05) is 38.3 Å². The minimum absolute atomic E-state index is 0. The number of nitrogens with zero attached hydrogens (tertiary/aromatic N) is 2. The van der Waals surface area contributed by atoms with Gasteiger partial charge in [-0.1, -0.05) is 12.5 Å². The molecule has 150 valence electrons. The van der Waals surface area contributed by atoms with Gasteiger partial charge in [-0.15, -0.1) is 24.0 Å². The molecule has 1 saturated heterocycles. The largest absolute Gasteiger partial charge is 0.492 e. The van der Waals surface area contributed by atoms with Crippen LogP contribution in [0.1, 0.15) is 39.5 Å². The molecular weight excluding hydrogens is 455 g/mol. The number of halogens is 1. The first-order valence-corrected chi connectivity index (χ1v) is 9.64. The van der Waals surface area contributed by atoms with Crippen molar-refractivity contribution in [1.82, 2.24) is 10.2 Å². The number of benzene rings is 1. The first kappa shape index (κ1) is 21.8. The number of amides is 1. The Morgan fingerprint density at radius 2 is 2.15 bits per heavy atom. The average molecular weight is 486 g/mol. The smallest absolute Gasteiger partial charge is 0.221 e. The third-order valence-corrected chi connectivity index (χ3v) is 5.26. The molecule has 1 spiro atoms. The van der Waals surface area contributed by atoms with Crippen LogP contribution in [0.25, 0.3) is 0 Å². The van der Waals surface area contributed by atoms with Crippen molar-refractivity contribution in [2.45, 2.75) is 39.5 Å². The minimum atomic E-state index is -0.0862. The van der Waals surface area contributed by atoms with Gasteiger partial charge < -0.3 is 20.3 Å². The van der Waals surface area contributed by atoms with Crippen molar-refractivity contribution in [1.29, 1.82) is 0 Å². The zero-order valence-corrected chi connectivity index (χ0v) is 18.6. The molecule has 1 saturated carbocycles. The van der Waals surface area contributed by atoms with E-state index in [9.17, 15) is 4.79 Å². The van der Waals surface area contributed by atoms with Crippen LogP contribution >= 0.6 is 24.0 Å². The number of likely N-dealkylation sites (tertiary alicyclic amines) is 1. The van der Waals surface area contributed by atoms with E-state index in [0.29, 0.717) is 18.6 Å². The van der Waals surface area contributed by atoms with E-state index in [1.165, 1.54) is 32.6 Å². The van der Waals surface area contributed by atoms with E-state index in [2.05, 4.69) is 22.5 Å². The molecule has 7 heteroatoms. The van der Waals surface area contributed by atoms with Crippen LogP contribution in [-0.4, -0.2) is 49.6 Å². The molecule has 0 bridgehead atoms. The van der Waals surface area contributed by atoms with Gasteiger partial charge in [0.25, 0.3) is 0 Å². The number of nitrogens with one attached hydrogen (secondary N) is 2. The summed E-state index contributed by atoms with van der Waals surface area (Å²) in [4.78, 5) is 18.3. The van der Waals surface area contributed by atoms with Crippen LogP contribution in [0.4, 0.5) is 5.69 Å². The number of carbonyl (C=O) groups is 1. The Morgan fingerprint density at radius 3 is 2.78 bits per heavy atom. The second-order valence-corrected chi connectivity index (χ2v) is 7.32. The maximum absolute atomic E-state index is 11.1. The predicted octanol–water partition coefficient (Wildman–Crippen LogP) is 3.48. The van der Waals surface area contributed by atoms with E-state index < -0.39 is 0 Å². The van der Waals surface area contributed by atoms with Gasteiger partial charge in [0.05, 0.1) is 6.54 Å². The maximum atomic E-state index is 11.1. The van der Waals surface area contributed by atoms with E-state index >= 15 is 0 Å². The highest BCUT2D eigenvalue weighted by Crippen LogP contribution is 2.47. The Bertz CT molecular complexity index is 661. The summed E-state index contributed by atoms with van der Waals surface area (Å²) in [5, 5.41) is 6.18. The van der Waals surface area contributed by atoms with Crippen LogP contribution in [0.2, 0.25) is 0 Å². The molecule has 2 aliphatic rings. The van der Waals surface area contributed by atoms with Crippen molar-refractivity contribution in [3.8, 4) is 5.75 Å². The number of anilines is 1. The van der Waals surface area contributed by atoms with Gasteiger partial charge in [0.15, 0.2) is 5.96 Å². The monoisotopic (exact) mass is 486 g/mol. The van der Waals surface area contributed by atoms with Gasteiger partial charge >= 0.3 is 0 Å². The summed E-state index contributed by atoms with van der Waals surface area (Å²) in [7, 11) is 0.